The Kier molecular flexibility index (Phi) is 10.7. The Morgan fingerprint density at radius 3 is 2.58 bits per heavy atom. The van der Waals surface area contributed by atoms with E-state index in [1.54, 1.807) is 23.5 Å². The van der Waals surface area contributed by atoms with Gasteiger partial charge in [0, 0.05) is 17.8 Å². The molecule has 0 bridgehead atoms. The lowest BCUT2D eigenvalue weighted by atomic mass is 10.1. The van der Waals surface area contributed by atoms with Gasteiger partial charge < -0.3 is 14.4 Å². The number of rotatable bonds is 12. The van der Waals surface area contributed by atoms with Gasteiger partial charge in [-0.3, -0.25) is 14.9 Å². The Morgan fingerprint density at radius 2 is 2.03 bits per heavy atom. The molecular weight excluding hydrogens is 511 g/mol. The second kappa shape index (κ2) is 12.7. The minimum Gasteiger partial charge on any atom is -0.493 e. The number of amides is 1. The van der Waals surface area contributed by atoms with Crippen LogP contribution in [0, 0.1) is 10.1 Å². The van der Waals surface area contributed by atoms with E-state index >= 15 is 0 Å². The third kappa shape index (κ3) is 6.64. The minimum atomic E-state index is -1.15. The molecule has 0 spiro atoms. The van der Waals surface area contributed by atoms with Gasteiger partial charge in [-0.1, -0.05) is 29.8 Å². The van der Waals surface area contributed by atoms with Gasteiger partial charge >= 0.3 is 0 Å². The Balaban J connectivity index is 2.42. The fourth-order valence-electron chi connectivity index (χ4n) is 3.44. The number of methoxy groups -OCH3 is 1. The number of carbonyl (C=O) groups excluding carboxylic acids is 1. The topological polar surface area (TPSA) is 81.9 Å². The number of nitro benzene ring substituents is 1. The Morgan fingerprint density at radius 1 is 1.35 bits per heavy atom. The van der Waals surface area contributed by atoms with Crippen LogP contribution in [0.25, 0.3) is 0 Å². The van der Waals surface area contributed by atoms with Crippen LogP contribution in [0.3, 0.4) is 0 Å². The monoisotopic (exact) mass is 538 g/mol. The van der Waals surface area contributed by atoms with Gasteiger partial charge in [0.15, 0.2) is 11.5 Å². The lowest BCUT2D eigenvalue weighted by Gasteiger charge is -2.30. The van der Waals surface area contributed by atoms with E-state index in [0.717, 1.165) is 16.8 Å². The maximum atomic E-state index is 14.4. The van der Waals surface area contributed by atoms with Crippen molar-refractivity contribution in [3.63, 3.8) is 0 Å². The number of carbonyl (C=O) groups is 1. The third-order valence-corrected chi connectivity index (χ3v) is 8.10. The van der Waals surface area contributed by atoms with Crippen LogP contribution in [0.1, 0.15) is 37.0 Å². The number of likely N-dealkylation sites (tertiary alicyclic amines) is 1. The molecule has 31 heavy (non-hydrogen) atoms. The van der Waals surface area contributed by atoms with Crippen LogP contribution >= 0.6 is 39.5 Å². The number of hydrogen-bond acceptors (Lipinski definition) is 7. The summed E-state index contributed by atoms with van der Waals surface area (Å²) in [5, 5.41) is 12.5. The number of hydrogen-bond donors (Lipinski definition) is 0. The van der Waals surface area contributed by atoms with E-state index in [0.29, 0.717) is 13.0 Å². The molecule has 0 aromatic heterocycles. The summed E-state index contributed by atoms with van der Waals surface area (Å²) < 4.78 is 25.3. The fourth-order valence-corrected chi connectivity index (χ4v) is 6.49. The van der Waals surface area contributed by atoms with Gasteiger partial charge in [-0.25, -0.2) is 4.39 Å². The average Bonchev–Trinajstić information content (AvgIpc) is 3.14. The largest absolute Gasteiger partial charge is 0.493 e. The highest BCUT2D eigenvalue weighted by molar-refractivity contribution is 9.09. The molecule has 1 fully saturated rings. The van der Waals surface area contributed by atoms with Crippen molar-refractivity contribution in [2.24, 2.45) is 0 Å². The highest BCUT2D eigenvalue weighted by Crippen LogP contribution is 2.40. The summed E-state index contributed by atoms with van der Waals surface area (Å²) in [6.45, 7) is 4.31. The van der Waals surface area contributed by atoms with E-state index in [-0.39, 0.29) is 46.3 Å². The van der Waals surface area contributed by atoms with Crippen molar-refractivity contribution in [2.75, 3.05) is 37.1 Å². The molecule has 0 saturated carbocycles. The normalized spacial score (nSPS) is 18.5. The van der Waals surface area contributed by atoms with Crippen LogP contribution in [0.15, 0.2) is 12.1 Å². The highest BCUT2D eigenvalue weighted by atomic mass is 79.9. The molecule has 1 aromatic rings. The van der Waals surface area contributed by atoms with E-state index in [9.17, 15) is 19.3 Å². The van der Waals surface area contributed by atoms with Crippen LogP contribution in [-0.2, 0) is 0 Å². The van der Waals surface area contributed by atoms with Crippen molar-refractivity contribution in [2.45, 2.75) is 43.5 Å². The first-order valence-electron chi connectivity index (χ1n) is 10.1. The number of benzene rings is 1. The van der Waals surface area contributed by atoms with Crippen molar-refractivity contribution in [3.8, 4) is 11.5 Å². The molecule has 1 amide bonds. The first-order chi connectivity index (χ1) is 14.9. The predicted molar refractivity (Wildman–Crippen MR) is 128 cm³/mol. The molecule has 1 aliphatic rings. The molecule has 2 atom stereocenters. The highest BCUT2D eigenvalue weighted by Gasteiger charge is 2.42. The van der Waals surface area contributed by atoms with E-state index in [1.807, 2.05) is 13.8 Å². The summed E-state index contributed by atoms with van der Waals surface area (Å²) in [6.07, 6.45) is -0.217. The summed E-state index contributed by atoms with van der Waals surface area (Å²) in [4.78, 5) is 26.0. The van der Waals surface area contributed by atoms with Gasteiger partial charge in [0.05, 0.1) is 41.9 Å². The molecule has 0 radical (unpaired) electrons. The SMILES string of the molecule is CCSC(SCC)[C@@H]1CC(F)CN1C(=O)c1cc(OC)c(OCCCBr)cc1[N+](=O)[O-]. The molecular formula is C20H28BrFN2O5S2. The lowest BCUT2D eigenvalue weighted by molar-refractivity contribution is -0.385. The van der Waals surface area contributed by atoms with Gasteiger partial charge in [0.25, 0.3) is 11.6 Å². The number of ether oxygens (including phenoxy) is 2. The van der Waals surface area contributed by atoms with Gasteiger partial charge in [-0.2, -0.15) is 0 Å². The first kappa shape index (κ1) is 26.1. The molecule has 11 heteroatoms. The quantitative estimate of drug-likeness (QED) is 0.119. The maximum Gasteiger partial charge on any atom is 0.286 e. The van der Waals surface area contributed by atoms with E-state index in [4.69, 9.17) is 9.47 Å². The summed E-state index contributed by atoms with van der Waals surface area (Å²) >= 11 is 6.64. The zero-order valence-electron chi connectivity index (χ0n) is 17.8. The number of thioether (sulfide) groups is 2. The number of nitrogens with zero attached hydrogens (tertiary/aromatic N) is 2. The summed E-state index contributed by atoms with van der Waals surface area (Å²) in [5.41, 5.74) is -0.487. The Bertz CT molecular complexity index is 767. The van der Waals surface area contributed by atoms with Crippen LogP contribution in [0.4, 0.5) is 10.1 Å². The average molecular weight is 539 g/mol. The molecule has 1 aliphatic heterocycles. The molecule has 1 unspecified atom stereocenters. The molecule has 1 saturated heterocycles. The van der Waals surface area contributed by atoms with Crippen molar-refractivity contribution < 1.29 is 23.6 Å². The molecule has 174 valence electrons. The molecule has 2 rings (SSSR count). The van der Waals surface area contributed by atoms with Crippen molar-refractivity contribution in [3.05, 3.63) is 27.8 Å². The van der Waals surface area contributed by atoms with Crippen molar-refractivity contribution >= 4 is 51.0 Å². The van der Waals surface area contributed by atoms with E-state index < -0.39 is 17.0 Å². The molecule has 1 aromatic carbocycles. The minimum absolute atomic E-state index is 0.00695. The Labute approximate surface area is 199 Å². The van der Waals surface area contributed by atoms with Gasteiger partial charge in [0.1, 0.15) is 11.7 Å². The molecule has 0 aliphatic carbocycles. The first-order valence-corrected chi connectivity index (χ1v) is 13.3. The fraction of sp³-hybridized carbons (Fsp3) is 0.650. The van der Waals surface area contributed by atoms with Crippen LogP contribution in [-0.4, -0.2) is 69.6 Å². The van der Waals surface area contributed by atoms with Gasteiger partial charge in [-0.15, -0.1) is 23.5 Å². The molecule has 1 heterocycles. The third-order valence-electron chi connectivity index (χ3n) is 4.77. The number of halogens is 2. The summed E-state index contributed by atoms with van der Waals surface area (Å²) in [6, 6.07) is 2.22. The van der Waals surface area contributed by atoms with Gasteiger partial charge in [0.2, 0.25) is 0 Å². The van der Waals surface area contributed by atoms with Crippen molar-refractivity contribution in [1.29, 1.82) is 0 Å². The standard InChI is InChI=1S/C20H28BrFN2O5S2/c1-4-30-20(31-5-2)16-9-13(22)12-23(16)19(25)14-10-17(28-3)18(29-8-6-7-21)11-15(14)24(26)27/h10-11,13,16,20H,4-9,12H2,1-3H3/t13?,16-/m0/s1. The molecule has 7 nitrogen and oxygen atoms in total. The summed E-state index contributed by atoms with van der Waals surface area (Å²) in [7, 11) is 1.41. The van der Waals surface area contributed by atoms with Gasteiger partial charge in [-0.05, 0) is 17.9 Å². The van der Waals surface area contributed by atoms with E-state index in [1.165, 1.54) is 24.1 Å². The smallest absolute Gasteiger partial charge is 0.286 e. The maximum absolute atomic E-state index is 14.4. The zero-order chi connectivity index (χ0) is 23.0. The van der Waals surface area contributed by atoms with Crippen LogP contribution in [0.2, 0.25) is 0 Å². The number of nitro groups is 1. The predicted octanol–water partition coefficient (Wildman–Crippen LogP) is 5.15. The summed E-state index contributed by atoms with van der Waals surface area (Å²) in [5.74, 6) is 1.55. The number of alkyl halides is 2. The second-order valence-corrected chi connectivity index (χ2v) is 10.7. The second-order valence-electron chi connectivity index (χ2n) is 6.81. The van der Waals surface area contributed by atoms with E-state index in [2.05, 4.69) is 15.9 Å². The van der Waals surface area contributed by atoms with Crippen LogP contribution in [0.5, 0.6) is 11.5 Å². The lowest BCUT2D eigenvalue weighted by Crippen LogP contribution is -2.41. The van der Waals surface area contributed by atoms with Crippen LogP contribution < -0.4 is 9.47 Å². The van der Waals surface area contributed by atoms with Crippen molar-refractivity contribution in [1.82, 2.24) is 4.90 Å². The Hall–Kier alpha value is -1.20. The zero-order valence-corrected chi connectivity index (χ0v) is 21.1. The molecule has 0 N–H and O–H groups in total.